The molecule has 126 valence electrons. The minimum Gasteiger partial charge on any atom is -0.481 e. The molecular weight excluding hydrogens is 308 g/mol. The van der Waals surface area contributed by atoms with Crippen molar-refractivity contribution in [2.45, 2.75) is 45.3 Å². The van der Waals surface area contributed by atoms with Gasteiger partial charge in [-0.1, -0.05) is 18.6 Å². The summed E-state index contributed by atoms with van der Waals surface area (Å²) in [5.74, 6) is -1.21. The van der Waals surface area contributed by atoms with Gasteiger partial charge in [0.1, 0.15) is 5.75 Å². The van der Waals surface area contributed by atoms with Crippen molar-refractivity contribution < 1.29 is 28.2 Å². The second-order valence-corrected chi connectivity index (χ2v) is 5.85. The predicted molar refractivity (Wildman–Crippen MR) is 78.2 cm³/mol. The molecule has 0 aliphatic heterocycles. The van der Waals surface area contributed by atoms with Crippen LogP contribution in [-0.2, 0) is 9.59 Å². The third-order valence-electron chi connectivity index (χ3n) is 4.25. The Labute approximate surface area is 132 Å². The molecular formula is C16H19F2NO4. The van der Waals surface area contributed by atoms with Crippen molar-refractivity contribution in [2.75, 3.05) is 0 Å². The molecule has 0 spiro atoms. The van der Waals surface area contributed by atoms with Crippen LogP contribution in [0, 0.1) is 5.41 Å². The molecule has 0 aromatic heterocycles. The van der Waals surface area contributed by atoms with Crippen LogP contribution >= 0.6 is 0 Å². The Morgan fingerprint density at radius 2 is 1.91 bits per heavy atom. The lowest BCUT2D eigenvalue weighted by Gasteiger charge is -2.37. The smallest absolute Gasteiger partial charge is 0.387 e. The molecule has 0 heterocycles. The van der Waals surface area contributed by atoms with Crippen molar-refractivity contribution >= 4 is 11.9 Å². The number of nitrogens with one attached hydrogen (secondary N) is 1. The normalized spacial score (nSPS) is 17.2. The molecule has 1 aliphatic rings. The molecule has 0 saturated heterocycles. The van der Waals surface area contributed by atoms with Gasteiger partial charge in [-0.15, -0.1) is 0 Å². The minimum absolute atomic E-state index is 0.0424. The molecule has 1 saturated carbocycles. The number of carbonyl (C=O) groups excluding carboxylic acids is 1. The van der Waals surface area contributed by atoms with Gasteiger partial charge in [0.25, 0.3) is 0 Å². The molecule has 2 rings (SSSR count). The fourth-order valence-corrected chi connectivity index (χ4v) is 2.69. The second-order valence-electron chi connectivity index (χ2n) is 5.85. The van der Waals surface area contributed by atoms with Crippen LogP contribution in [0.4, 0.5) is 8.78 Å². The van der Waals surface area contributed by atoms with Crippen molar-refractivity contribution in [1.29, 1.82) is 0 Å². The summed E-state index contributed by atoms with van der Waals surface area (Å²) in [5.41, 5.74) is -0.211. The van der Waals surface area contributed by atoms with E-state index in [0.717, 1.165) is 12.0 Å². The van der Waals surface area contributed by atoms with Gasteiger partial charge in [-0.25, -0.2) is 0 Å². The Morgan fingerprint density at radius 3 is 2.35 bits per heavy atom. The molecule has 23 heavy (non-hydrogen) atoms. The van der Waals surface area contributed by atoms with Crippen molar-refractivity contribution in [3.8, 4) is 5.75 Å². The maximum Gasteiger partial charge on any atom is 0.387 e. The maximum atomic E-state index is 12.1. The van der Waals surface area contributed by atoms with E-state index in [4.69, 9.17) is 0 Å². The van der Waals surface area contributed by atoms with Gasteiger partial charge >= 0.3 is 12.6 Å². The van der Waals surface area contributed by atoms with Gasteiger partial charge in [0.05, 0.1) is 11.5 Å². The summed E-state index contributed by atoms with van der Waals surface area (Å²) in [6, 6.07) is 5.61. The fourth-order valence-electron chi connectivity index (χ4n) is 2.69. The van der Waals surface area contributed by atoms with E-state index in [2.05, 4.69) is 10.1 Å². The Hall–Kier alpha value is -2.18. The molecule has 1 aromatic rings. The number of hydrogen-bond donors (Lipinski definition) is 2. The number of carbonyl (C=O) groups is 2. The molecule has 1 aromatic carbocycles. The Kier molecular flexibility index (Phi) is 5.18. The van der Waals surface area contributed by atoms with Gasteiger partial charge in [-0.2, -0.15) is 8.78 Å². The second kappa shape index (κ2) is 6.93. The number of ether oxygens (including phenoxy) is 1. The highest BCUT2D eigenvalue weighted by Gasteiger charge is 2.45. The van der Waals surface area contributed by atoms with E-state index in [9.17, 15) is 23.5 Å². The lowest BCUT2D eigenvalue weighted by Crippen LogP contribution is -2.43. The molecule has 7 heteroatoms. The Balaban J connectivity index is 1.92. The molecule has 0 bridgehead atoms. The minimum atomic E-state index is -2.88. The van der Waals surface area contributed by atoms with Gasteiger partial charge in [0.2, 0.25) is 5.91 Å². The van der Waals surface area contributed by atoms with E-state index in [1.807, 2.05) is 0 Å². The summed E-state index contributed by atoms with van der Waals surface area (Å²) in [5, 5.41) is 12.0. The highest BCUT2D eigenvalue weighted by molar-refractivity contribution is 5.85. The number of hydrogen-bond acceptors (Lipinski definition) is 3. The van der Waals surface area contributed by atoms with E-state index < -0.39 is 18.0 Å². The van der Waals surface area contributed by atoms with Crippen LogP contribution in [-0.4, -0.2) is 23.6 Å². The summed E-state index contributed by atoms with van der Waals surface area (Å²) in [6.07, 6.45) is 1.81. The van der Waals surface area contributed by atoms with Gasteiger partial charge in [0, 0.05) is 6.42 Å². The summed E-state index contributed by atoms with van der Waals surface area (Å²) >= 11 is 0. The first kappa shape index (κ1) is 17.2. The molecule has 2 N–H and O–H groups in total. The van der Waals surface area contributed by atoms with Crippen molar-refractivity contribution in [3.63, 3.8) is 0 Å². The first-order valence-electron chi connectivity index (χ1n) is 7.40. The lowest BCUT2D eigenvalue weighted by molar-refractivity contribution is -0.157. The van der Waals surface area contributed by atoms with Crippen LogP contribution in [0.3, 0.4) is 0 Å². The van der Waals surface area contributed by atoms with Crippen molar-refractivity contribution in [2.24, 2.45) is 5.41 Å². The van der Waals surface area contributed by atoms with E-state index in [1.54, 1.807) is 19.1 Å². The van der Waals surface area contributed by atoms with E-state index in [0.29, 0.717) is 12.8 Å². The third kappa shape index (κ3) is 4.18. The summed E-state index contributed by atoms with van der Waals surface area (Å²) in [7, 11) is 0. The van der Waals surface area contributed by atoms with Gasteiger partial charge in [-0.05, 0) is 37.5 Å². The number of halogens is 2. The average Bonchev–Trinajstić information content (AvgIpc) is 2.42. The quantitative estimate of drug-likeness (QED) is 0.807. The number of amides is 1. The zero-order chi connectivity index (χ0) is 17.0. The predicted octanol–water partition coefficient (Wildman–Crippen LogP) is 3.11. The first-order chi connectivity index (χ1) is 10.8. The monoisotopic (exact) mass is 327 g/mol. The molecule has 5 nitrogen and oxygen atoms in total. The molecule has 1 fully saturated rings. The number of rotatable bonds is 7. The van der Waals surface area contributed by atoms with Crippen LogP contribution in [0.15, 0.2) is 24.3 Å². The average molecular weight is 327 g/mol. The van der Waals surface area contributed by atoms with Gasteiger partial charge in [-0.3, -0.25) is 9.59 Å². The van der Waals surface area contributed by atoms with Crippen molar-refractivity contribution in [3.05, 3.63) is 29.8 Å². The van der Waals surface area contributed by atoms with Crippen LogP contribution < -0.4 is 10.1 Å². The van der Waals surface area contributed by atoms with Crippen LogP contribution in [0.25, 0.3) is 0 Å². The van der Waals surface area contributed by atoms with E-state index >= 15 is 0 Å². The summed E-state index contributed by atoms with van der Waals surface area (Å²) < 4.78 is 28.4. The number of alkyl halides is 2. The van der Waals surface area contributed by atoms with E-state index in [1.165, 1.54) is 12.1 Å². The van der Waals surface area contributed by atoms with Crippen molar-refractivity contribution in [1.82, 2.24) is 5.32 Å². The molecule has 1 aliphatic carbocycles. The fraction of sp³-hybridized carbons (Fsp3) is 0.500. The topological polar surface area (TPSA) is 75.6 Å². The lowest BCUT2D eigenvalue weighted by atomic mass is 9.66. The SMILES string of the molecule is CC(NC(=O)CC1(C(=O)O)CCC1)c1ccc(OC(F)F)cc1. The van der Waals surface area contributed by atoms with Crippen LogP contribution in [0.5, 0.6) is 5.75 Å². The Morgan fingerprint density at radius 1 is 1.30 bits per heavy atom. The van der Waals surface area contributed by atoms with Crippen LogP contribution in [0.1, 0.15) is 44.2 Å². The standard InChI is InChI=1S/C16H19F2NO4/c1-10(11-3-5-12(6-4-11)23-15(17)18)19-13(20)9-16(14(21)22)7-2-8-16/h3-6,10,15H,2,7-9H2,1H3,(H,19,20)(H,21,22). The Bertz CT molecular complexity index is 570. The van der Waals surface area contributed by atoms with Crippen LogP contribution in [0.2, 0.25) is 0 Å². The highest BCUT2D eigenvalue weighted by atomic mass is 19.3. The number of aliphatic carboxylic acids is 1. The van der Waals surface area contributed by atoms with E-state index in [-0.39, 0.29) is 24.1 Å². The zero-order valence-electron chi connectivity index (χ0n) is 12.7. The largest absolute Gasteiger partial charge is 0.481 e. The number of carboxylic acids is 1. The number of benzene rings is 1. The van der Waals surface area contributed by atoms with Gasteiger partial charge in [0.15, 0.2) is 0 Å². The zero-order valence-corrected chi connectivity index (χ0v) is 12.7. The third-order valence-corrected chi connectivity index (χ3v) is 4.25. The molecule has 1 unspecified atom stereocenters. The molecule has 1 amide bonds. The van der Waals surface area contributed by atoms with Gasteiger partial charge < -0.3 is 15.2 Å². The molecule has 1 atom stereocenters. The molecule has 0 radical (unpaired) electrons. The first-order valence-corrected chi connectivity index (χ1v) is 7.40. The summed E-state index contributed by atoms with van der Waals surface area (Å²) in [6.45, 7) is -1.14. The maximum absolute atomic E-state index is 12.1. The summed E-state index contributed by atoms with van der Waals surface area (Å²) in [4.78, 5) is 23.3. The highest BCUT2D eigenvalue weighted by Crippen LogP contribution is 2.44. The number of carboxylic acid groups (broad SMARTS) is 1.